The van der Waals surface area contributed by atoms with E-state index in [0.717, 1.165) is 25.7 Å². The topological polar surface area (TPSA) is 34.1 Å². The van der Waals surface area contributed by atoms with Crippen molar-refractivity contribution < 1.29 is 9.59 Å². The van der Waals surface area contributed by atoms with Crippen molar-refractivity contribution in [3.63, 3.8) is 0 Å². The summed E-state index contributed by atoms with van der Waals surface area (Å²) < 4.78 is 0. The first-order valence-electron chi connectivity index (χ1n) is 6.82. The third-order valence-electron chi connectivity index (χ3n) is 3.31. The van der Waals surface area contributed by atoms with Crippen molar-refractivity contribution in [1.82, 2.24) is 0 Å². The Bertz CT molecular complexity index is 199. The minimum atomic E-state index is 0.155. The van der Waals surface area contributed by atoms with Gasteiger partial charge >= 0.3 is 0 Å². The molecule has 0 amide bonds. The summed E-state index contributed by atoms with van der Waals surface area (Å²) in [6, 6.07) is 0. The number of rotatable bonds is 0. The summed E-state index contributed by atoms with van der Waals surface area (Å²) in [7, 11) is 0. The summed E-state index contributed by atoms with van der Waals surface area (Å²) in [5.41, 5.74) is 0. The van der Waals surface area contributed by atoms with Crippen LogP contribution < -0.4 is 0 Å². The van der Waals surface area contributed by atoms with Gasteiger partial charge in [-0.2, -0.15) is 0 Å². The molecule has 92 valence electrons. The van der Waals surface area contributed by atoms with E-state index in [1.807, 2.05) is 0 Å². The molecule has 0 aromatic heterocycles. The number of hydrogen-bond donors (Lipinski definition) is 0. The van der Waals surface area contributed by atoms with Crippen LogP contribution in [0.3, 0.4) is 0 Å². The van der Waals surface area contributed by atoms with Gasteiger partial charge in [-0.1, -0.05) is 44.9 Å². The fourth-order valence-corrected chi connectivity index (χ4v) is 2.28. The third kappa shape index (κ3) is 6.76. The Labute approximate surface area is 98.8 Å². The van der Waals surface area contributed by atoms with E-state index in [-0.39, 0.29) is 18.0 Å². The third-order valence-corrected chi connectivity index (χ3v) is 3.31. The van der Waals surface area contributed by atoms with Crippen LogP contribution in [0.4, 0.5) is 0 Å². The predicted molar refractivity (Wildman–Crippen MR) is 65.4 cm³/mol. The number of carbonyl (C=O) groups excluding carboxylic acids is 2. The molecule has 0 saturated heterocycles. The minimum absolute atomic E-state index is 0.155. The maximum absolute atomic E-state index is 11.4. The lowest BCUT2D eigenvalue weighted by Gasteiger charge is -2.05. The Morgan fingerprint density at radius 1 is 0.500 bits per heavy atom. The molecule has 0 bridgehead atoms. The fraction of sp³-hybridized carbons (Fsp3) is 0.857. The smallest absolute Gasteiger partial charge is 0.140 e. The summed E-state index contributed by atoms with van der Waals surface area (Å²) in [5, 5.41) is 0. The molecular formula is C14H24O2. The van der Waals surface area contributed by atoms with E-state index >= 15 is 0 Å². The molecule has 0 atom stereocenters. The average Bonchev–Trinajstić information content (AvgIpc) is 2.25. The first-order valence-corrected chi connectivity index (χ1v) is 6.82. The molecule has 0 aromatic rings. The highest BCUT2D eigenvalue weighted by molar-refractivity contribution is 5.98. The van der Waals surface area contributed by atoms with Crippen molar-refractivity contribution in [3.05, 3.63) is 0 Å². The van der Waals surface area contributed by atoms with Crippen molar-refractivity contribution in [3.8, 4) is 0 Å². The Kier molecular flexibility index (Phi) is 7.11. The van der Waals surface area contributed by atoms with Gasteiger partial charge in [0.15, 0.2) is 0 Å². The SMILES string of the molecule is O=C1CCCCCCCCCCCC(=O)C1. The van der Waals surface area contributed by atoms with Crippen LogP contribution in [0.2, 0.25) is 0 Å². The first kappa shape index (κ1) is 13.4. The molecule has 2 heteroatoms. The van der Waals surface area contributed by atoms with E-state index in [0.29, 0.717) is 12.8 Å². The summed E-state index contributed by atoms with van der Waals surface area (Å²) in [4.78, 5) is 22.9. The van der Waals surface area contributed by atoms with E-state index in [1.165, 1.54) is 32.1 Å². The van der Waals surface area contributed by atoms with Gasteiger partial charge in [-0.25, -0.2) is 0 Å². The van der Waals surface area contributed by atoms with Gasteiger partial charge in [0, 0.05) is 12.8 Å². The van der Waals surface area contributed by atoms with Gasteiger partial charge in [0.1, 0.15) is 11.6 Å². The molecule has 0 heterocycles. The lowest BCUT2D eigenvalue weighted by atomic mass is 10.00. The molecule has 2 nitrogen and oxygen atoms in total. The molecule has 16 heavy (non-hydrogen) atoms. The van der Waals surface area contributed by atoms with Crippen LogP contribution in [0.25, 0.3) is 0 Å². The maximum atomic E-state index is 11.4. The highest BCUT2D eigenvalue weighted by Crippen LogP contribution is 2.13. The quantitative estimate of drug-likeness (QED) is 0.586. The summed E-state index contributed by atoms with van der Waals surface area (Å²) in [5.74, 6) is 0.309. The number of Topliss-reactive ketones (excluding diaryl/α,β-unsaturated/α-hetero) is 2. The normalized spacial score (nSPS) is 22.8. The summed E-state index contributed by atoms with van der Waals surface area (Å²) >= 11 is 0. The maximum Gasteiger partial charge on any atom is 0.140 e. The second-order valence-electron chi connectivity index (χ2n) is 4.94. The zero-order valence-corrected chi connectivity index (χ0v) is 10.3. The lowest BCUT2D eigenvalue weighted by Crippen LogP contribution is -2.07. The number of ketones is 2. The van der Waals surface area contributed by atoms with Gasteiger partial charge in [0.2, 0.25) is 0 Å². The van der Waals surface area contributed by atoms with Crippen LogP contribution in [0.15, 0.2) is 0 Å². The van der Waals surface area contributed by atoms with Crippen LogP contribution >= 0.6 is 0 Å². The second-order valence-corrected chi connectivity index (χ2v) is 4.94. The molecule has 1 saturated carbocycles. The number of carbonyl (C=O) groups is 2. The van der Waals surface area contributed by atoms with Crippen molar-refractivity contribution in [2.75, 3.05) is 0 Å². The molecule has 0 aliphatic heterocycles. The fourth-order valence-electron chi connectivity index (χ4n) is 2.28. The summed E-state index contributed by atoms with van der Waals surface area (Å²) in [6.45, 7) is 0. The van der Waals surface area contributed by atoms with Crippen LogP contribution in [0.5, 0.6) is 0 Å². The van der Waals surface area contributed by atoms with Crippen LogP contribution in [-0.4, -0.2) is 11.6 Å². The Morgan fingerprint density at radius 2 is 0.812 bits per heavy atom. The minimum Gasteiger partial charge on any atom is -0.299 e. The van der Waals surface area contributed by atoms with Crippen LogP contribution in [-0.2, 0) is 9.59 Å². The van der Waals surface area contributed by atoms with Crippen molar-refractivity contribution in [2.45, 2.75) is 77.0 Å². The lowest BCUT2D eigenvalue weighted by molar-refractivity contribution is -0.127. The van der Waals surface area contributed by atoms with Crippen molar-refractivity contribution in [2.24, 2.45) is 0 Å². The largest absolute Gasteiger partial charge is 0.299 e. The van der Waals surface area contributed by atoms with Gasteiger partial charge in [0.05, 0.1) is 6.42 Å². The summed E-state index contributed by atoms with van der Waals surface area (Å²) in [6.07, 6.45) is 12.1. The van der Waals surface area contributed by atoms with E-state index in [2.05, 4.69) is 0 Å². The van der Waals surface area contributed by atoms with E-state index in [9.17, 15) is 9.59 Å². The van der Waals surface area contributed by atoms with Gasteiger partial charge in [0.25, 0.3) is 0 Å². The second kappa shape index (κ2) is 8.49. The molecule has 0 N–H and O–H groups in total. The zero-order chi connectivity index (χ0) is 11.6. The predicted octanol–water partition coefficient (Wildman–Crippen LogP) is 3.82. The highest BCUT2D eigenvalue weighted by atomic mass is 16.1. The molecule has 1 aliphatic rings. The Morgan fingerprint density at radius 3 is 1.19 bits per heavy atom. The standard InChI is InChI=1S/C14H24O2/c15-13-10-8-6-4-2-1-3-5-7-9-11-14(16)12-13/h1-12H2. The van der Waals surface area contributed by atoms with E-state index < -0.39 is 0 Å². The molecule has 1 aliphatic carbocycles. The van der Waals surface area contributed by atoms with Gasteiger partial charge in [-0.3, -0.25) is 9.59 Å². The molecule has 0 spiro atoms. The molecule has 0 aromatic carbocycles. The van der Waals surface area contributed by atoms with Crippen LogP contribution in [0, 0.1) is 0 Å². The van der Waals surface area contributed by atoms with E-state index in [1.54, 1.807) is 0 Å². The van der Waals surface area contributed by atoms with Gasteiger partial charge < -0.3 is 0 Å². The molecule has 1 fully saturated rings. The highest BCUT2D eigenvalue weighted by Gasteiger charge is 2.09. The van der Waals surface area contributed by atoms with Crippen molar-refractivity contribution >= 4 is 11.6 Å². The van der Waals surface area contributed by atoms with E-state index in [4.69, 9.17) is 0 Å². The molecule has 0 radical (unpaired) electrons. The average molecular weight is 224 g/mol. The van der Waals surface area contributed by atoms with Crippen LogP contribution in [0.1, 0.15) is 77.0 Å². The zero-order valence-electron chi connectivity index (χ0n) is 10.3. The monoisotopic (exact) mass is 224 g/mol. The van der Waals surface area contributed by atoms with Gasteiger partial charge in [-0.15, -0.1) is 0 Å². The molecular weight excluding hydrogens is 200 g/mol. The molecule has 0 unspecified atom stereocenters. The first-order chi connectivity index (χ1) is 7.79. The van der Waals surface area contributed by atoms with Gasteiger partial charge in [-0.05, 0) is 12.8 Å². The molecule has 1 rings (SSSR count). The Hall–Kier alpha value is -0.660. The van der Waals surface area contributed by atoms with Crippen molar-refractivity contribution in [1.29, 1.82) is 0 Å². The number of hydrogen-bond acceptors (Lipinski definition) is 2. The Balaban J connectivity index is 2.26.